The first-order valence-electron chi connectivity index (χ1n) is 10.9. The summed E-state index contributed by atoms with van der Waals surface area (Å²) in [5.74, 6) is 0.667. The van der Waals surface area contributed by atoms with Crippen LogP contribution in [0.3, 0.4) is 0 Å². The van der Waals surface area contributed by atoms with Gasteiger partial charge in [-0.25, -0.2) is 13.6 Å². The van der Waals surface area contributed by atoms with Crippen molar-refractivity contribution in [2.45, 2.75) is 36.3 Å². The zero-order valence-corrected chi connectivity index (χ0v) is 19.8. The Morgan fingerprint density at radius 1 is 1.00 bits per heavy atom. The fourth-order valence-electron chi connectivity index (χ4n) is 4.37. The van der Waals surface area contributed by atoms with E-state index >= 15 is 0 Å². The second kappa shape index (κ2) is 8.24. The monoisotopic (exact) mass is 518 g/mol. The van der Waals surface area contributed by atoms with Gasteiger partial charge in [0.2, 0.25) is 22.7 Å². The van der Waals surface area contributed by atoms with Crippen LogP contribution < -0.4 is 19.9 Å². The summed E-state index contributed by atoms with van der Waals surface area (Å²) in [7, 11) is -3.97. The highest BCUT2D eigenvalue weighted by Crippen LogP contribution is 2.51. The number of nitrogens with two attached hydrogens (primary N) is 1. The molecule has 2 aliphatic rings. The molecular formula is C25H21F3N2O5S. The molecular weight excluding hydrogens is 497 g/mol. The third kappa shape index (κ3) is 4.40. The van der Waals surface area contributed by atoms with Gasteiger partial charge in [0, 0.05) is 5.69 Å². The molecule has 3 aromatic rings. The summed E-state index contributed by atoms with van der Waals surface area (Å²) in [5.41, 5.74) is -0.178. The molecule has 0 unspecified atom stereocenters. The van der Waals surface area contributed by atoms with Gasteiger partial charge in [-0.2, -0.15) is 13.2 Å². The number of carbonyl (C=O) groups is 1. The molecule has 1 heterocycles. The maximum absolute atomic E-state index is 13.7. The number of hydrogen-bond acceptors (Lipinski definition) is 5. The van der Waals surface area contributed by atoms with Crippen LogP contribution in [-0.4, -0.2) is 21.1 Å². The molecule has 0 spiro atoms. The Kier molecular flexibility index (Phi) is 5.53. The first-order chi connectivity index (χ1) is 16.9. The zero-order valence-electron chi connectivity index (χ0n) is 19.0. The summed E-state index contributed by atoms with van der Waals surface area (Å²) in [5, 5.41) is 7.82. The van der Waals surface area contributed by atoms with Gasteiger partial charge in [0.15, 0.2) is 11.5 Å². The highest BCUT2D eigenvalue weighted by Gasteiger charge is 2.51. The molecule has 188 valence electrons. The molecule has 5 rings (SSSR count). The molecule has 0 saturated heterocycles. The first-order valence-corrected chi connectivity index (χ1v) is 12.5. The lowest BCUT2D eigenvalue weighted by Crippen LogP contribution is -2.28. The lowest BCUT2D eigenvalue weighted by Gasteiger charge is -2.19. The normalized spacial score (nSPS) is 16.0. The molecule has 0 aromatic heterocycles. The fraction of sp³-hybridized carbons (Fsp3) is 0.240. The topological polar surface area (TPSA) is 108 Å². The molecule has 1 saturated carbocycles. The Labute approximate surface area is 205 Å². The number of nitrogens with one attached hydrogen (secondary N) is 1. The van der Waals surface area contributed by atoms with Gasteiger partial charge in [-0.3, -0.25) is 4.79 Å². The van der Waals surface area contributed by atoms with Gasteiger partial charge in [0.05, 0.1) is 15.9 Å². The first kappa shape index (κ1) is 24.1. The van der Waals surface area contributed by atoms with Crippen molar-refractivity contribution in [3.63, 3.8) is 0 Å². The molecule has 11 heteroatoms. The molecule has 7 nitrogen and oxygen atoms in total. The Bertz CT molecular complexity index is 1500. The highest BCUT2D eigenvalue weighted by molar-refractivity contribution is 7.89. The summed E-state index contributed by atoms with van der Waals surface area (Å²) in [6, 6.07) is 12.4. The Morgan fingerprint density at radius 2 is 1.72 bits per heavy atom. The number of halogens is 3. The molecule has 3 aromatic carbocycles. The Morgan fingerprint density at radius 3 is 2.36 bits per heavy atom. The van der Waals surface area contributed by atoms with Crippen LogP contribution in [0.4, 0.5) is 18.9 Å². The predicted molar refractivity (Wildman–Crippen MR) is 125 cm³/mol. The third-order valence-corrected chi connectivity index (χ3v) is 7.38. The molecule has 0 radical (unpaired) electrons. The number of anilines is 1. The van der Waals surface area contributed by atoms with Crippen molar-refractivity contribution in [2.75, 3.05) is 12.1 Å². The number of benzene rings is 3. The van der Waals surface area contributed by atoms with Crippen LogP contribution in [0.1, 0.15) is 29.5 Å². The quantitative estimate of drug-likeness (QED) is 0.508. The number of sulfonamides is 1. The molecule has 36 heavy (non-hydrogen) atoms. The lowest BCUT2D eigenvalue weighted by atomic mass is 9.94. The van der Waals surface area contributed by atoms with E-state index < -0.39 is 33.1 Å². The molecule has 1 fully saturated rings. The number of ether oxygens (including phenoxy) is 2. The van der Waals surface area contributed by atoms with Crippen molar-refractivity contribution in [1.82, 2.24) is 0 Å². The number of amides is 1. The van der Waals surface area contributed by atoms with E-state index in [9.17, 15) is 26.4 Å². The van der Waals surface area contributed by atoms with E-state index in [0.717, 1.165) is 12.1 Å². The second-order valence-electron chi connectivity index (χ2n) is 8.92. The summed E-state index contributed by atoms with van der Waals surface area (Å²) in [4.78, 5) is 13.1. The van der Waals surface area contributed by atoms with Gasteiger partial charge >= 0.3 is 6.18 Å². The number of primary sulfonamides is 1. The molecule has 1 aliphatic carbocycles. The van der Waals surface area contributed by atoms with Gasteiger partial charge in [-0.15, -0.1) is 0 Å². The van der Waals surface area contributed by atoms with E-state index in [1.54, 1.807) is 25.1 Å². The summed E-state index contributed by atoms with van der Waals surface area (Å²) in [6.45, 7) is 1.66. The van der Waals surface area contributed by atoms with Crippen LogP contribution in [0.2, 0.25) is 0 Å². The third-order valence-electron chi connectivity index (χ3n) is 6.47. The van der Waals surface area contributed by atoms with Gasteiger partial charge < -0.3 is 14.8 Å². The predicted octanol–water partition coefficient (Wildman–Crippen LogP) is 4.73. The van der Waals surface area contributed by atoms with E-state index in [1.807, 2.05) is 0 Å². The van der Waals surface area contributed by atoms with Crippen LogP contribution in [-0.2, 0) is 26.4 Å². The van der Waals surface area contributed by atoms with Crippen LogP contribution in [0.15, 0.2) is 59.5 Å². The van der Waals surface area contributed by atoms with E-state index in [0.29, 0.717) is 41.0 Å². The van der Waals surface area contributed by atoms with E-state index in [-0.39, 0.29) is 22.9 Å². The van der Waals surface area contributed by atoms with Crippen LogP contribution in [0.25, 0.3) is 11.1 Å². The van der Waals surface area contributed by atoms with Crippen LogP contribution >= 0.6 is 0 Å². The van der Waals surface area contributed by atoms with Crippen molar-refractivity contribution in [3.8, 4) is 22.6 Å². The summed E-state index contributed by atoms with van der Waals surface area (Å²) in [6.07, 6.45) is -3.59. The maximum Gasteiger partial charge on any atom is 0.416 e. The Balaban J connectivity index is 1.50. The molecule has 0 bridgehead atoms. The maximum atomic E-state index is 13.7. The van der Waals surface area contributed by atoms with Gasteiger partial charge in [0.1, 0.15) is 0 Å². The number of fused-ring (bicyclic) bond motifs is 1. The molecule has 1 aliphatic heterocycles. The van der Waals surface area contributed by atoms with Gasteiger partial charge in [-0.1, -0.05) is 12.1 Å². The molecule has 3 N–H and O–H groups in total. The highest BCUT2D eigenvalue weighted by atomic mass is 32.2. The lowest BCUT2D eigenvalue weighted by molar-refractivity contribution is -0.137. The number of alkyl halides is 3. The Hall–Kier alpha value is -3.57. The zero-order chi connectivity index (χ0) is 25.9. The van der Waals surface area contributed by atoms with Gasteiger partial charge in [-0.05, 0) is 84.5 Å². The summed E-state index contributed by atoms with van der Waals surface area (Å²) >= 11 is 0. The fourth-order valence-corrected chi connectivity index (χ4v) is 4.97. The van der Waals surface area contributed by atoms with Crippen molar-refractivity contribution in [1.29, 1.82) is 0 Å². The van der Waals surface area contributed by atoms with Crippen molar-refractivity contribution < 1.29 is 35.9 Å². The minimum absolute atomic E-state index is 0.0215. The number of rotatable bonds is 5. The van der Waals surface area contributed by atoms with Crippen molar-refractivity contribution in [3.05, 3.63) is 71.3 Å². The minimum atomic E-state index is -4.67. The van der Waals surface area contributed by atoms with Crippen LogP contribution in [0.5, 0.6) is 11.5 Å². The van der Waals surface area contributed by atoms with Crippen molar-refractivity contribution >= 4 is 21.6 Å². The average molecular weight is 519 g/mol. The number of carbonyl (C=O) groups excluding carboxylic acids is 1. The average Bonchev–Trinajstić information content (AvgIpc) is 3.48. The van der Waals surface area contributed by atoms with Crippen molar-refractivity contribution in [2.24, 2.45) is 5.14 Å². The second-order valence-corrected chi connectivity index (χ2v) is 10.5. The number of hydrogen-bond donors (Lipinski definition) is 2. The smallest absolute Gasteiger partial charge is 0.416 e. The molecule has 1 amide bonds. The van der Waals surface area contributed by atoms with E-state index in [4.69, 9.17) is 14.6 Å². The number of aryl methyl sites for hydroxylation is 1. The van der Waals surface area contributed by atoms with E-state index in [2.05, 4.69) is 5.32 Å². The largest absolute Gasteiger partial charge is 0.454 e. The summed E-state index contributed by atoms with van der Waals surface area (Å²) < 4.78 is 75.2. The SMILES string of the molecule is Cc1cc(S(N)(=O)=O)ccc1-c1cc(NC(=O)C2(c3ccc4c(c3)OCO4)CC2)cc(C(F)(F)F)c1. The van der Waals surface area contributed by atoms with Gasteiger partial charge in [0.25, 0.3) is 0 Å². The minimum Gasteiger partial charge on any atom is -0.454 e. The van der Waals surface area contributed by atoms with E-state index in [1.165, 1.54) is 24.3 Å². The standard InChI is InChI=1S/C25H21F3N2O5S/c1-14-8-19(36(29,32)33)3-4-20(14)15-9-17(25(26,27)28)11-18(10-15)30-23(31)24(6-7-24)16-2-5-21-22(12-16)35-13-34-21/h2-5,8-12H,6-7,13H2,1H3,(H,30,31)(H2,29,32,33). The van der Waals surface area contributed by atoms with Crippen LogP contribution in [0, 0.1) is 6.92 Å². The molecule has 0 atom stereocenters.